The Balaban J connectivity index is 2.15. The molecule has 7 heteroatoms. The Labute approximate surface area is 103 Å². The van der Waals surface area contributed by atoms with Crippen molar-refractivity contribution in [3.8, 4) is 0 Å². The van der Waals surface area contributed by atoms with Gasteiger partial charge in [0.05, 0.1) is 6.04 Å². The molecule has 2 rings (SSSR count). The van der Waals surface area contributed by atoms with E-state index in [9.17, 15) is 4.79 Å². The van der Waals surface area contributed by atoms with Gasteiger partial charge in [-0.2, -0.15) is 5.21 Å². The van der Waals surface area contributed by atoms with Gasteiger partial charge in [0.2, 0.25) is 0 Å². The van der Waals surface area contributed by atoms with Crippen LogP contribution in [-0.4, -0.2) is 38.5 Å². The van der Waals surface area contributed by atoms with E-state index in [1.807, 2.05) is 26.0 Å². The highest BCUT2D eigenvalue weighted by Crippen LogP contribution is 2.26. The Morgan fingerprint density at radius 2 is 2.29 bits per heavy atom. The lowest BCUT2D eigenvalue weighted by Gasteiger charge is -2.22. The van der Waals surface area contributed by atoms with Crippen molar-refractivity contribution in [1.29, 1.82) is 0 Å². The number of amides is 1. The highest BCUT2D eigenvalue weighted by molar-refractivity contribution is 7.12. The average molecular weight is 251 g/mol. The zero-order valence-electron chi connectivity index (χ0n) is 9.84. The molecule has 1 atom stereocenters. The zero-order chi connectivity index (χ0) is 12.4. The summed E-state index contributed by atoms with van der Waals surface area (Å²) in [7, 11) is 1.73. The monoisotopic (exact) mass is 251 g/mol. The maximum atomic E-state index is 12.0. The van der Waals surface area contributed by atoms with Gasteiger partial charge < -0.3 is 4.90 Å². The number of aryl methyl sites for hydroxylation is 1. The topological polar surface area (TPSA) is 74.8 Å². The summed E-state index contributed by atoms with van der Waals surface area (Å²) in [6.07, 6.45) is 0. The predicted octanol–water partition coefficient (Wildman–Crippen LogP) is 1.40. The molecule has 0 aliphatic rings. The number of nitrogens with zero attached hydrogens (tertiary/aromatic N) is 4. The van der Waals surface area contributed by atoms with Crippen molar-refractivity contribution < 1.29 is 4.79 Å². The van der Waals surface area contributed by atoms with Gasteiger partial charge in [-0.1, -0.05) is 0 Å². The first-order valence-electron chi connectivity index (χ1n) is 5.16. The van der Waals surface area contributed by atoms with E-state index in [0.717, 1.165) is 4.88 Å². The van der Waals surface area contributed by atoms with Gasteiger partial charge in [-0.15, -0.1) is 21.5 Å². The van der Waals surface area contributed by atoms with Crippen LogP contribution in [0.3, 0.4) is 0 Å². The molecule has 2 aromatic rings. The number of hydrogen-bond donors (Lipinski definition) is 1. The van der Waals surface area contributed by atoms with Crippen molar-refractivity contribution in [2.24, 2.45) is 0 Å². The quantitative estimate of drug-likeness (QED) is 0.894. The van der Waals surface area contributed by atoms with Gasteiger partial charge in [0.15, 0.2) is 0 Å². The lowest BCUT2D eigenvalue weighted by Crippen LogP contribution is -2.30. The number of aromatic amines is 1. The van der Waals surface area contributed by atoms with E-state index in [1.165, 1.54) is 4.88 Å². The van der Waals surface area contributed by atoms with Crippen molar-refractivity contribution in [3.05, 3.63) is 27.7 Å². The van der Waals surface area contributed by atoms with E-state index in [1.54, 1.807) is 23.3 Å². The van der Waals surface area contributed by atoms with E-state index in [4.69, 9.17) is 0 Å². The molecule has 90 valence electrons. The summed E-state index contributed by atoms with van der Waals surface area (Å²) in [5, 5.41) is 13.0. The smallest absolute Gasteiger partial charge is 0.295 e. The second-order valence-corrected chi connectivity index (χ2v) is 5.10. The fourth-order valence-corrected chi connectivity index (χ4v) is 2.43. The van der Waals surface area contributed by atoms with Crippen molar-refractivity contribution in [2.75, 3.05) is 7.05 Å². The molecular formula is C10H13N5OS. The molecule has 6 nitrogen and oxygen atoms in total. The van der Waals surface area contributed by atoms with Crippen LogP contribution < -0.4 is 0 Å². The third-order valence-electron chi connectivity index (χ3n) is 2.61. The number of aromatic nitrogens is 4. The molecule has 0 aliphatic carbocycles. The minimum absolute atomic E-state index is 0.000278. The highest BCUT2D eigenvalue weighted by Gasteiger charge is 2.22. The normalized spacial score (nSPS) is 12.4. The molecule has 0 bridgehead atoms. The minimum atomic E-state index is -0.239. The van der Waals surface area contributed by atoms with Crippen molar-refractivity contribution in [1.82, 2.24) is 25.5 Å². The Kier molecular flexibility index (Phi) is 3.19. The first kappa shape index (κ1) is 11.7. The van der Waals surface area contributed by atoms with Crippen LogP contribution in [-0.2, 0) is 0 Å². The molecule has 2 heterocycles. The van der Waals surface area contributed by atoms with Crippen LogP contribution in [0.1, 0.15) is 33.3 Å². The fraction of sp³-hybridized carbons (Fsp3) is 0.400. The number of rotatable bonds is 3. The van der Waals surface area contributed by atoms with Crippen molar-refractivity contribution in [2.45, 2.75) is 19.9 Å². The van der Waals surface area contributed by atoms with E-state index >= 15 is 0 Å². The second-order valence-electron chi connectivity index (χ2n) is 3.78. The molecule has 1 N–H and O–H groups in total. The molecule has 0 saturated carbocycles. The van der Waals surface area contributed by atoms with E-state index < -0.39 is 0 Å². The summed E-state index contributed by atoms with van der Waals surface area (Å²) < 4.78 is 0. The van der Waals surface area contributed by atoms with Crippen LogP contribution in [0, 0.1) is 6.92 Å². The SMILES string of the molecule is Cc1ccc(C(C)N(C)C(=O)c2nn[nH]n2)s1. The summed E-state index contributed by atoms with van der Waals surface area (Å²) in [6.45, 7) is 4.02. The molecule has 2 aromatic heterocycles. The van der Waals surface area contributed by atoms with E-state index in [-0.39, 0.29) is 17.8 Å². The van der Waals surface area contributed by atoms with Crippen LogP contribution in [0.15, 0.2) is 12.1 Å². The predicted molar refractivity (Wildman–Crippen MR) is 63.7 cm³/mol. The zero-order valence-corrected chi connectivity index (χ0v) is 10.7. The Bertz CT molecular complexity index is 507. The second kappa shape index (κ2) is 4.62. The molecule has 0 aliphatic heterocycles. The van der Waals surface area contributed by atoms with Gasteiger partial charge in [-0.05, 0) is 31.2 Å². The van der Waals surface area contributed by atoms with E-state index in [0.29, 0.717) is 0 Å². The Morgan fingerprint density at radius 3 is 2.82 bits per heavy atom. The fourth-order valence-electron chi connectivity index (χ4n) is 1.45. The molecule has 0 radical (unpaired) electrons. The molecule has 1 amide bonds. The first-order chi connectivity index (χ1) is 8.09. The molecular weight excluding hydrogens is 238 g/mol. The van der Waals surface area contributed by atoms with E-state index in [2.05, 4.69) is 20.6 Å². The molecule has 1 unspecified atom stereocenters. The van der Waals surface area contributed by atoms with Crippen LogP contribution in [0.5, 0.6) is 0 Å². The van der Waals surface area contributed by atoms with Gasteiger partial charge >= 0.3 is 0 Å². The Morgan fingerprint density at radius 1 is 1.53 bits per heavy atom. The summed E-state index contributed by atoms with van der Waals surface area (Å²) in [5.74, 6) is -0.148. The standard InChI is InChI=1S/C10H13N5OS/c1-6-4-5-8(17-6)7(2)15(3)10(16)9-11-13-14-12-9/h4-5,7H,1-3H3,(H,11,12,13,14). The van der Waals surface area contributed by atoms with Crippen molar-refractivity contribution >= 4 is 17.2 Å². The minimum Gasteiger partial charge on any atom is -0.331 e. The van der Waals surface area contributed by atoms with Crippen LogP contribution in [0.25, 0.3) is 0 Å². The van der Waals surface area contributed by atoms with Gasteiger partial charge in [-0.3, -0.25) is 4.79 Å². The summed E-state index contributed by atoms with van der Waals surface area (Å²) >= 11 is 1.68. The number of tetrazole rings is 1. The number of nitrogens with one attached hydrogen (secondary N) is 1. The molecule has 17 heavy (non-hydrogen) atoms. The highest BCUT2D eigenvalue weighted by atomic mass is 32.1. The van der Waals surface area contributed by atoms with Crippen LogP contribution >= 0.6 is 11.3 Å². The lowest BCUT2D eigenvalue weighted by molar-refractivity contribution is 0.0732. The molecule has 0 spiro atoms. The summed E-state index contributed by atoms with van der Waals surface area (Å²) in [4.78, 5) is 15.9. The van der Waals surface area contributed by atoms with Crippen LogP contribution in [0.2, 0.25) is 0 Å². The number of carbonyl (C=O) groups excluding carboxylic acids is 1. The maximum absolute atomic E-state index is 12.0. The number of carbonyl (C=O) groups is 1. The van der Waals surface area contributed by atoms with Gasteiger partial charge in [-0.25, -0.2) is 0 Å². The molecule has 0 saturated heterocycles. The average Bonchev–Trinajstić information content (AvgIpc) is 2.96. The third-order valence-corrected chi connectivity index (χ3v) is 3.78. The maximum Gasteiger partial charge on any atom is 0.295 e. The first-order valence-corrected chi connectivity index (χ1v) is 5.98. The Hall–Kier alpha value is -1.76. The van der Waals surface area contributed by atoms with Gasteiger partial charge in [0.1, 0.15) is 0 Å². The van der Waals surface area contributed by atoms with Crippen molar-refractivity contribution in [3.63, 3.8) is 0 Å². The lowest BCUT2D eigenvalue weighted by atomic mass is 10.2. The number of H-pyrrole nitrogens is 1. The summed E-state index contributed by atoms with van der Waals surface area (Å²) in [6, 6.07) is 4.08. The largest absolute Gasteiger partial charge is 0.331 e. The molecule has 0 aromatic carbocycles. The van der Waals surface area contributed by atoms with Gasteiger partial charge in [0, 0.05) is 16.8 Å². The summed E-state index contributed by atoms with van der Waals surface area (Å²) in [5.41, 5.74) is 0. The van der Waals surface area contributed by atoms with Crippen LogP contribution in [0.4, 0.5) is 0 Å². The third kappa shape index (κ3) is 2.33. The van der Waals surface area contributed by atoms with Gasteiger partial charge in [0.25, 0.3) is 11.7 Å². The number of hydrogen-bond acceptors (Lipinski definition) is 5. The molecule has 0 fully saturated rings. The number of thiophene rings is 1.